The van der Waals surface area contributed by atoms with Gasteiger partial charge in [0.05, 0.1) is 12.6 Å². The minimum atomic E-state index is 0.0696. The predicted octanol–water partition coefficient (Wildman–Crippen LogP) is 4.68. The van der Waals surface area contributed by atoms with Crippen molar-refractivity contribution in [2.45, 2.75) is 19.5 Å². The zero-order chi connectivity index (χ0) is 18.5. The highest BCUT2D eigenvalue weighted by Crippen LogP contribution is 2.24. The van der Waals surface area contributed by atoms with E-state index in [0.717, 1.165) is 11.1 Å². The average Bonchev–Trinajstić information content (AvgIpc) is 3.06. The van der Waals surface area contributed by atoms with Crippen molar-refractivity contribution >= 4 is 46.5 Å². The molecule has 0 aliphatic rings. The summed E-state index contributed by atoms with van der Waals surface area (Å²) in [7, 11) is 0. The zero-order valence-electron chi connectivity index (χ0n) is 14.0. The summed E-state index contributed by atoms with van der Waals surface area (Å²) in [6, 6.07) is 15.5. The molecule has 26 heavy (non-hydrogen) atoms. The highest BCUT2D eigenvalue weighted by atomic mass is 35.5. The third kappa shape index (κ3) is 4.72. The predicted molar refractivity (Wildman–Crippen MR) is 110 cm³/mol. The average molecular weight is 406 g/mol. The Labute approximate surface area is 167 Å². The lowest BCUT2D eigenvalue weighted by atomic mass is 10.1. The Balaban J connectivity index is 1.60. The van der Waals surface area contributed by atoms with Gasteiger partial charge in [-0.1, -0.05) is 59.6 Å². The molecule has 0 bridgehead atoms. The van der Waals surface area contributed by atoms with Gasteiger partial charge in [0.2, 0.25) is 5.95 Å². The van der Waals surface area contributed by atoms with Gasteiger partial charge in [0.15, 0.2) is 5.11 Å². The molecule has 0 radical (unpaired) electrons. The molecule has 3 aromatic rings. The van der Waals surface area contributed by atoms with Gasteiger partial charge in [-0.05, 0) is 36.8 Å². The SMILES string of the molecule is CC(NC(=S)Nc1ncn(Cc2c(Cl)cccc2Cl)n1)c1ccccc1. The first-order valence-electron chi connectivity index (χ1n) is 7.97. The molecule has 0 aliphatic carbocycles. The molecule has 8 heteroatoms. The minimum Gasteiger partial charge on any atom is -0.356 e. The van der Waals surface area contributed by atoms with E-state index >= 15 is 0 Å². The standard InChI is InChI=1S/C18H17Cl2N5S/c1-12(13-6-3-2-4-7-13)22-18(26)23-17-21-11-25(24-17)10-14-15(19)8-5-9-16(14)20/h2-9,11-12H,10H2,1H3,(H2,22,23,24,26). The van der Waals surface area contributed by atoms with Crippen molar-refractivity contribution in [2.75, 3.05) is 5.32 Å². The Bertz CT molecular complexity index is 877. The van der Waals surface area contributed by atoms with Crippen molar-refractivity contribution in [3.05, 3.63) is 76.0 Å². The van der Waals surface area contributed by atoms with Crippen LogP contribution in [0, 0.1) is 0 Å². The van der Waals surface area contributed by atoms with Crippen molar-refractivity contribution in [1.29, 1.82) is 0 Å². The molecule has 0 amide bonds. The normalized spacial score (nSPS) is 11.8. The van der Waals surface area contributed by atoms with Crippen molar-refractivity contribution in [2.24, 2.45) is 0 Å². The van der Waals surface area contributed by atoms with Gasteiger partial charge in [0, 0.05) is 15.6 Å². The number of anilines is 1. The molecule has 0 spiro atoms. The number of benzene rings is 2. The first kappa shape index (κ1) is 18.6. The van der Waals surface area contributed by atoms with Gasteiger partial charge in [-0.25, -0.2) is 9.67 Å². The fraction of sp³-hybridized carbons (Fsp3) is 0.167. The van der Waals surface area contributed by atoms with E-state index in [9.17, 15) is 0 Å². The lowest BCUT2D eigenvalue weighted by molar-refractivity contribution is 0.686. The quantitative estimate of drug-likeness (QED) is 0.603. The smallest absolute Gasteiger partial charge is 0.248 e. The number of rotatable bonds is 5. The molecule has 2 N–H and O–H groups in total. The monoisotopic (exact) mass is 405 g/mol. The summed E-state index contributed by atoms with van der Waals surface area (Å²) in [6.07, 6.45) is 1.60. The topological polar surface area (TPSA) is 54.8 Å². The number of nitrogens with one attached hydrogen (secondary N) is 2. The van der Waals surface area contributed by atoms with Crippen molar-refractivity contribution in [3.63, 3.8) is 0 Å². The number of aromatic nitrogens is 3. The second-order valence-electron chi connectivity index (χ2n) is 5.70. The molecule has 5 nitrogen and oxygen atoms in total. The van der Waals surface area contributed by atoms with E-state index in [0.29, 0.717) is 27.7 Å². The van der Waals surface area contributed by atoms with Crippen LogP contribution in [-0.4, -0.2) is 19.9 Å². The second-order valence-corrected chi connectivity index (χ2v) is 6.92. The van der Waals surface area contributed by atoms with Crippen LogP contribution in [-0.2, 0) is 6.54 Å². The highest BCUT2D eigenvalue weighted by Gasteiger charge is 2.10. The molecule has 1 atom stereocenters. The molecule has 0 fully saturated rings. The number of halogens is 2. The van der Waals surface area contributed by atoms with Crippen LogP contribution in [0.25, 0.3) is 0 Å². The summed E-state index contributed by atoms with van der Waals surface area (Å²) >= 11 is 17.7. The van der Waals surface area contributed by atoms with Crippen LogP contribution in [0.3, 0.4) is 0 Å². The van der Waals surface area contributed by atoms with Crippen LogP contribution in [0.2, 0.25) is 10.0 Å². The summed E-state index contributed by atoms with van der Waals surface area (Å²) < 4.78 is 1.65. The van der Waals surface area contributed by atoms with Crippen LogP contribution >= 0.6 is 35.4 Å². The number of hydrogen-bond acceptors (Lipinski definition) is 3. The fourth-order valence-electron chi connectivity index (χ4n) is 2.43. The largest absolute Gasteiger partial charge is 0.356 e. The van der Waals surface area contributed by atoms with Gasteiger partial charge in [0.1, 0.15) is 6.33 Å². The van der Waals surface area contributed by atoms with Crippen molar-refractivity contribution < 1.29 is 0 Å². The van der Waals surface area contributed by atoms with E-state index in [1.165, 1.54) is 0 Å². The molecule has 1 aromatic heterocycles. The van der Waals surface area contributed by atoms with Gasteiger partial charge in [-0.3, -0.25) is 5.32 Å². The molecule has 0 saturated carbocycles. The Morgan fingerprint density at radius 1 is 1.12 bits per heavy atom. The molecule has 3 rings (SSSR count). The minimum absolute atomic E-state index is 0.0696. The van der Waals surface area contributed by atoms with E-state index < -0.39 is 0 Å². The number of thiocarbonyl (C=S) groups is 1. The maximum Gasteiger partial charge on any atom is 0.248 e. The van der Waals surface area contributed by atoms with E-state index in [1.54, 1.807) is 29.2 Å². The Morgan fingerprint density at radius 2 is 1.81 bits per heavy atom. The summed E-state index contributed by atoms with van der Waals surface area (Å²) in [6.45, 7) is 2.46. The Morgan fingerprint density at radius 3 is 2.50 bits per heavy atom. The van der Waals surface area contributed by atoms with Crippen LogP contribution in [0.4, 0.5) is 5.95 Å². The lowest BCUT2D eigenvalue weighted by Gasteiger charge is -2.16. The zero-order valence-corrected chi connectivity index (χ0v) is 16.3. The van der Waals surface area contributed by atoms with Crippen molar-refractivity contribution in [3.8, 4) is 0 Å². The molecule has 1 heterocycles. The summed E-state index contributed by atoms with van der Waals surface area (Å²) in [5.74, 6) is 0.408. The molecular formula is C18H17Cl2N5S. The maximum absolute atomic E-state index is 6.19. The van der Waals surface area contributed by atoms with E-state index in [2.05, 4.69) is 20.7 Å². The molecule has 134 valence electrons. The van der Waals surface area contributed by atoms with Gasteiger partial charge in [-0.2, -0.15) is 0 Å². The molecule has 0 saturated heterocycles. The Hall–Kier alpha value is -2.15. The van der Waals surface area contributed by atoms with Crippen molar-refractivity contribution in [1.82, 2.24) is 20.1 Å². The maximum atomic E-state index is 6.19. The highest BCUT2D eigenvalue weighted by molar-refractivity contribution is 7.80. The Kier molecular flexibility index (Phi) is 6.08. The summed E-state index contributed by atoms with van der Waals surface area (Å²) in [5, 5.41) is 12.2. The van der Waals surface area contributed by atoms with E-state index in [1.807, 2.05) is 37.3 Å². The van der Waals surface area contributed by atoms with E-state index in [4.69, 9.17) is 35.4 Å². The first-order chi connectivity index (χ1) is 12.5. The lowest BCUT2D eigenvalue weighted by Crippen LogP contribution is -2.31. The molecule has 0 aliphatic heterocycles. The molecule has 1 unspecified atom stereocenters. The van der Waals surface area contributed by atoms with Crippen LogP contribution in [0.5, 0.6) is 0 Å². The number of hydrogen-bond donors (Lipinski definition) is 2. The third-order valence-electron chi connectivity index (χ3n) is 3.79. The van der Waals surface area contributed by atoms with Gasteiger partial charge >= 0.3 is 0 Å². The van der Waals surface area contributed by atoms with Crippen LogP contribution in [0.15, 0.2) is 54.9 Å². The number of nitrogens with zero attached hydrogens (tertiary/aromatic N) is 3. The van der Waals surface area contributed by atoms with Gasteiger partial charge in [-0.15, -0.1) is 5.10 Å². The first-order valence-corrected chi connectivity index (χ1v) is 9.14. The fourth-order valence-corrected chi connectivity index (χ4v) is 3.22. The summed E-state index contributed by atoms with van der Waals surface area (Å²) in [5.41, 5.74) is 1.94. The summed E-state index contributed by atoms with van der Waals surface area (Å²) in [4.78, 5) is 4.22. The van der Waals surface area contributed by atoms with Crippen LogP contribution < -0.4 is 10.6 Å². The second kappa shape index (κ2) is 8.49. The van der Waals surface area contributed by atoms with E-state index in [-0.39, 0.29) is 6.04 Å². The van der Waals surface area contributed by atoms with Gasteiger partial charge < -0.3 is 5.32 Å². The molecule has 2 aromatic carbocycles. The van der Waals surface area contributed by atoms with Gasteiger partial charge in [0.25, 0.3) is 0 Å². The van der Waals surface area contributed by atoms with Crippen LogP contribution in [0.1, 0.15) is 24.1 Å². The molecular weight excluding hydrogens is 389 g/mol. The third-order valence-corrected chi connectivity index (χ3v) is 4.72.